The first-order valence-corrected chi connectivity index (χ1v) is 10.6. The Morgan fingerprint density at radius 3 is 2.28 bits per heavy atom. The van der Waals surface area contributed by atoms with E-state index in [0.29, 0.717) is 6.42 Å². The Labute approximate surface area is 187 Å². The highest BCUT2D eigenvalue weighted by Gasteiger charge is 2.29. The average Bonchev–Trinajstić information content (AvgIpc) is 3.11. The van der Waals surface area contributed by atoms with Crippen molar-refractivity contribution in [2.24, 2.45) is 0 Å². The minimum atomic E-state index is -1.27. The molecule has 32 heavy (non-hydrogen) atoms. The van der Waals surface area contributed by atoms with Gasteiger partial charge in [0.2, 0.25) is 5.91 Å². The van der Waals surface area contributed by atoms with E-state index in [1.807, 2.05) is 49.2 Å². The predicted molar refractivity (Wildman–Crippen MR) is 120 cm³/mol. The lowest BCUT2D eigenvalue weighted by Gasteiger charge is -2.19. The number of carbonyl (C=O) groups excluding carboxylic acids is 2. The van der Waals surface area contributed by atoms with Crippen LogP contribution in [-0.4, -0.2) is 42.3 Å². The van der Waals surface area contributed by atoms with E-state index in [9.17, 15) is 14.4 Å². The van der Waals surface area contributed by atoms with Crippen LogP contribution in [0.25, 0.3) is 11.1 Å². The van der Waals surface area contributed by atoms with Crippen molar-refractivity contribution in [3.63, 3.8) is 0 Å². The maximum absolute atomic E-state index is 12.5. The summed E-state index contributed by atoms with van der Waals surface area (Å²) < 4.78 is 5.52. The highest BCUT2D eigenvalue weighted by molar-refractivity contribution is 5.87. The molecule has 7 heteroatoms. The molecule has 3 rings (SSSR count). The Bertz CT molecular complexity index is 1010. The molecule has 1 atom stereocenters. The topological polar surface area (TPSA) is 105 Å². The van der Waals surface area contributed by atoms with Crippen molar-refractivity contribution >= 4 is 18.0 Å². The first-order chi connectivity index (χ1) is 15.5. The number of carboxylic acids is 1. The number of unbranched alkanes of at least 4 members (excludes halogenated alkanes) is 1. The van der Waals surface area contributed by atoms with Crippen LogP contribution in [0.4, 0.5) is 4.79 Å². The third kappa shape index (κ3) is 5.67. The monoisotopic (exact) mass is 434 g/mol. The van der Waals surface area contributed by atoms with Crippen molar-refractivity contribution in [1.29, 1.82) is 0 Å². The van der Waals surface area contributed by atoms with Crippen LogP contribution in [0.1, 0.15) is 43.2 Å². The van der Waals surface area contributed by atoms with Crippen molar-refractivity contribution in [2.45, 2.75) is 38.1 Å². The van der Waals surface area contributed by atoms with Crippen LogP contribution in [0.5, 0.6) is 0 Å². The summed E-state index contributed by atoms with van der Waals surface area (Å²) in [6.07, 6.45) is 1.37. The lowest BCUT2D eigenvalue weighted by molar-refractivity contribution is -0.130. The maximum atomic E-state index is 12.5. The number of hydrogen-bond donors (Lipinski definition) is 3. The average molecular weight is 434 g/mol. The van der Waals surface area contributed by atoms with E-state index in [2.05, 4.69) is 28.7 Å². The van der Waals surface area contributed by atoms with Gasteiger partial charge < -0.3 is 20.5 Å². The van der Waals surface area contributed by atoms with Gasteiger partial charge in [0, 0.05) is 11.8 Å². The van der Waals surface area contributed by atoms with Crippen LogP contribution >= 0.6 is 0 Å². The van der Waals surface area contributed by atoms with E-state index in [0.717, 1.165) is 35.1 Å². The van der Waals surface area contributed by atoms with Crippen LogP contribution in [0, 0.1) is 11.8 Å². The van der Waals surface area contributed by atoms with E-state index in [1.165, 1.54) is 0 Å². The summed E-state index contributed by atoms with van der Waals surface area (Å²) in [6, 6.07) is 15.3. The summed E-state index contributed by atoms with van der Waals surface area (Å²) in [5.41, 5.74) is 4.50. The number of amides is 2. The molecule has 0 spiro atoms. The Morgan fingerprint density at radius 1 is 1.06 bits per heavy atom. The summed E-state index contributed by atoms with van der Waals surface area (Å²) in [7, 11) is 0. The molecule has 7 nitrogen and oxygen atoms in total. The number of nitrogens with one attached hydrogen (secondary N) is 2. The smallest absolute Gasteiger partial charge is 0.407 e. The second-order valence-electron chi connectivity index (χ2n) is 7.49. The van der Waals surface area contributed by atoms with Crippen LogP contribution in [0.15, 0.2) is 48.5 Å². The Balaban J connectivity index is 1.61. The van der Waals surface area contributed by atoms with Gasteiger partial charge in [0.1, 0.15) is 12.6 Å². The third-order valence-corrected chi connectivity index (χ3v) is 5.34. The summed E-state index contributed by atoms with van der Waals surface area (Å²) >= 11 is 0. The molecular formula is C25H26N2O5. The minimum Gasteiger partial charge on any atom is -0.472 e. The quantitative estimate of drug-likeness (QED) is 0.553. The van der Waals surface area contributed by atoms with Gasteiger partial charge in [-0.15, -0.1) is 0 Å². The zero-order valence-corrected chi connectivity index (χ0v) is 17.9. The summed E-state index contributed by atoms with van der Waals surface area (Å²) in [6.45, 7) is 2.03. The predicted octanol–water partition coefficient (Wildman–Crippen LogP) is 3.29. The fraction of sp³-hybridized carbons (Fsp3) is 0.320. The molecule has 166 valence electrons. The van der Waals surface area contributed by atoms with Crippen LogP contribution in [0.2, 0.25) is 0 Å². The number of aliphatic carboxylic acids is 1. The first kappa shape index (κ1) is 22.9. The molecule has 0 aliphatic heterocycles. The normalized spacial score (nSPS) is 12.5. The molecule has 0 bridgehead atoms. The molecule has 1 aliphatic carbocycles. The van der Waals surface area contributed by atoms with Gasteiger partial charge in [0.05, 0.1) is 6.54 Å². The molecule has 0 aromatic heterocycles. The molecule has 0 heterocycles. The summed E-state index contributed by atoms with van der Waals surface area (Å²) in [5.74, 6) is 2.51. The molecule has 3 N–H and O–H groups in total. The number of rotatable bonds is 8. The van der Waals surface area contributed by atoms with Crippen LogP contribution < -0.4 is 10.6 Å². The van der Waals surface area contributed by atoms with Crippen molar-refractivity contribution < 1.29 is 24.2 Å². The zero-order chi connectivity index (χ0) is 22.9. The van der Waals surface area contributed by atoms with E-state index >= 15 is 0 Å². The summed E-state index contributed by atoms with van der Waals surface area (Å²) in [4.78, 5) is 35.4. The Hall–Kier alpha value is -3.79. The van der Waals surface area contributed by atoms with E-state index in [1.54, 1.807) is 0 Å². The molecule has 2 aromatic rings. The second kappa shape index (κ2) is 11.0. The Morgan fingerprint density at radius 2 is 1.69 bits per heavy atom. The molecule has 2 amide bonds. The highest BCUT2D eigenvalue weighted by atomic mass is 16.5. The molecule has 0 unspecified atom stereocenters. The molecule has 0 saturated carbocycles. The number of fused-ring (bicyclic) bond motifs is 3. The van der Waals surface area contributed by atoms with Crippen LogP contribution in [-0.2, 0) is 14.3 Å². The van der Waals surface area contributed by atoms with Crippen molar-refractivity contribution in [3.05, 3.63) is 59.7 Å². The number of ether oxygens (including phenoxy) is 1. The minimum absolute atomic E-state index is 0.0673. The first-order valence-electron chi connectivity index (χ1n) is 10.6. The number of benzene rings is 2. The van der Waals surface area contributed by atoms with Gasteiger partial charge in [0.15, 0.2) is 0 Å². The van der Waals surface area contributed by atoms with E-state index in [4.69, 9.17) is 9.84 Å². The van der Waals surface area contributed by atoms with E-state index < -0.39 is 24.0 Å². The van der Waals surface area contributed by atoms with Crippen molar-refractivity contribution in [3.8, 4) is 23.0 Å². The van der Waals surface area contributed by atoms with Crippen LogP contribution in [0.3, 0.4) is 0 Å². The van der Waals surface area contributed by atoms with Gasteiger partial charge in [-0.25, -0.2) is 9.59 Å². The molecule has 2 aromatic carbocycles. The molecule has 0 radical (unpaired) electrons. The van der Waals surface area contributed by atoms with Gasteiger partial charge >= 0.3 is 12.1 Å². The highest BCUT2D eigenvalue weighted by Crippen LogP contribution is 2.44. The fourth-order valence-electron chi connectivity index (χ4n) is 3.83. The third-order valence-electron chi connectivity index (χ3n) is 5.34. The van der Waals surface area contributed by atoms with Crippen molar-refractivity contribution in [1.82, 2.24) is 10.6 Å². The van der Waals surface area contributed by atoms with Gasteiger partial charge in [-0.2, -0.15) is 0 Å². The molecular weight excluding hydrogens is 408 g/mol. The van der Waals surface area contributed by atoms with Gasteiger partial charge in [-0.05, 0) is 28.7 Å². The molecule has 0 saturated heterocycles. The Kier molecular flexibility index (Phi) is 7.87. The second-order valence-corrected chi connectivity index (χ2v) is 7.49. The van der Waals surface area contributed by atoms with Gasteiger partial charge in [-0.1, -0.05) is 74.2 Å². The number of carboxylic acid groups (broad SMARTS) is 1. The number of alkyl carbamates (subject to hydrolysis) is 1. The largest absolute Gasteiger partial charge is 0.472 e. The standard InChI is InChI=1S/C25H26N2O5/c1-2-3-13-22(24(30)26-15-8-14-23(28)29)27-25(31)32-16-21-19-11-6-4-9-17(19)18-10-5-7-12-20(18)21/h4-7,9-12,21-22H,2-3,13,15-16H2,1H3,(H,26,30)(H,27,31)(H,28,29)/t22-/m0/s1. The zero-order valence-electron chi connectivity index (χ0n) is 17.9. The number of carbonyl (C=O) groups is 3. The SMILES string of the molecule is CCCC[C@H](NC(=O)OCC1c2ccccc2-c2ccccc21)C(=O)NCC#CC(=O)O. The lowest BCUT2D eigenvalue weighted by Crippen LogP contribution is -2.47. The molecule has 1 aliphatic rings. The van der Waals surface area contributed by atoms with Gasteiger partial charge in [-0.3, -0.25) is 4.79 Å². The number of hydrogen-bond acceptors (Lipinski definition) is 4. The maximum Gasteiger partial charge on any atom is 0.407 e. The van der Waals surface area contributed by atoms with E-state index in [-0.39, 0.29) is 19.1 Å². The fourth-order valence-corrected chi connectivity index (χ4v) is 3.83. The molecule has 0 fully saturated rings. The van der Waals surface area contributed by atoms with Gasteiger partial charge in [0.25, 0.3) is 0 Å². The lowest BCUT2D eigenvalue weighted by atomic mass is 9.98. The van der Waals surface area contributed by atoms with Crippen molar-refractivity contribution in [2.75, 3.05) is 13.2 Å². The summed E-state index contributed by atoms with van der Waals surface area (Å²) in [5, 5.41) is 13.7.